The normalized spacial score (nSPS) is 10.9. The van der Waals surface area contributed by atoms with E-state index in [9.17, 15) is 13.2 Å². The molecule has 0 aliphatic carbocycles. The van der Waals surface area contributed by atoms with Gasteiger partial charge >= 0.3 is 0 Å². The largest absolute Gasteiger partial charge is 0.268 e. The summed E-state index contributed by atoms with van der Waals surface area (Å²) in [6.45, 7) is 0. The van der Waals surface area contributed by atoms with Crippen LogP contribution in [-0.2, 0) is 5.88 Å². The monoisotopic (exact) mass is 273 g/mol. The zero-order chi connectivity index (χ0) is 10.0. The first-order valence-electron chi connectivity index (χ1n) is 3.24. The van der Waals surface area contributed by atoms with Crippen LogP contribution in [0.15, 0.2) is 10.7 Å². The van der Waals surface area contributed by atoms with Gasteiger partial charge in [0, 0.05) is 16.5 Å². The van der Waals surface area contributed by atoms with Crippen molar-refractivity contribution in [3.05, 3.63) is 27.7 Å². The van der Waals surface area contributed by atoms with E-state index in [4.69, 9.17) is 11.6 Å². The summed E-state index contributed by atoms with van der Waals surface area (Å²) in [6, 6.07) is 0. The quantitative estimate of drug-likeness (QED) is 0.592. The molecule has 1 aromatic rings. The van der Waals surface area contributed by atoms with Gasteiger partial charge in [-0.05, 0) is 21.5 Å². The number of halogens is 5. The lowest BCUT2D eigenvalue weighted by molar-refractivity contribution is 0.144. The first-order chi connectivity index (χ1) is 6.07. The van der Waals surface area contributed by atoms with Gasteiger partial charge in [-0.15, -0.1) is 11.6 Å². The number of rotatable bonds is 2. The van der Waals surface area contributed by atoms with Crippen molar-refractivity contribution in [1.82, 2.24) is 4.98 Å². The number of hydrogen-bond acceptors (Lipinski definition) is 1. The summed E-state index contributed by atoms with van der Waals surface area (Å²) in [5.74, 6) is -1.35. The zero-order valence-electron chi connectivity index (χ0n) is 6.20. The maximum absolute atomic E-state index is 12.8. The summed E-state index contributed by atoms with van der Waals surface area (Å²) in [5.41, 5.74) is -0.687. The van der Waals surface area contributed by atoms with Gasteiger partial charge in [-0.1, -0.05) is 0 Å². The van der Waals surface area contributed by atoms with E-state index in [2.05, 4.69) is 20.9 Å². The van der Waals surface area contributed by atoms with E-state index in [1.807, 2.05) is 0 Å². The highest BCUT2D eigenvalue weighted by Gasteiger charge is 2.20. The smallest absolute Gasteiger partial charge is 0.227 e. The fraction of sp³-hybridized carbons (Fsp3) is 0.286. The highest BCUT2D eigenvalue weighted by molar-refractivity contribution is 9.10. The minimum absolute atomic E-state index is 0.0455. The minimum atomic E-state index is -2.90. The third-order valence-corrected chi connectivity index (χ3v) is 2.43. The van der Waals surface area contributed by atoms with Gasteiger partial charge in [0.2, 0.25) is 5.95 Å². The molecule has 1 rings (SSSR count). The number of hydrogen-bond donors (Lipinski definition) is 0. The lowest BCUT2D eigenvalue weighted by Crippen LogP contribution is -2.00. The molecule has 1 heterocycles. The summed E-state index contributed by atoms with van der Waals surface area (Å²) >= 11 is 8.36. The third kappa shape index (κ3) is 2.14. The van der Waals surface area contributed by atoms with E-state index in [1.165, 1.54) is 0 Å². The van der Waals surface area contributed by atoms with Gasteiger partial charge in [0.05, 0.1) is 5.56 Å². The topological polar surface area (TPSA) is 12.9 Å². The van der Waals surface area contributed by atoms with E-state index in [0.717, 1.165) is 6.20 Å². The Labute approximate surface area is 86.0 Å². The van der Waals surface area contributed by atoms with Crippen molar-refractivity contribution < 1.29 is 13.2 Å². The Morgan fingerprint density at radius 2 is 2.15 bits per heavy atom. The van der Waals surface area contributed by atoms with E-state index in [1.54, 1.807) is 0 Å². The molecule has 0 bridgehead atoms. The van der Waals surface area contributed by atoms with Crippen molar-refractivity contribution in [1.29, 1.82) is 0 Å². The van der Waals surface area contributed by atoms with Gasteiger partial charge < -0.3 is 0 Å². The maximum Gasteiger partial charge on any atom is 0.268 e. The Balaban J connectivity index is 3.35. The summed E-state index contributed by atoms with van der Waals surface area (Å²) in [7, 11) is 0. The fourth-order valence-electron chi connectivity index (χ4n) is 0.872. The van der Waals surface area contributed by atoms with Crippen molar-refractivity contribution in [3.63, 3.8) is 0 Å². The molecule has 0 atom stereocenters. The van der Waals surface area contributed by atoms with E-state index in [0.29, 0.717) is 4.47 Å². The second-order valence-electron chi connectivity index (χ2n) is 2.22. The van der Waals surface area contributed by atoms with Crippen LogP contribution in [-0.4, -0.2) is 4.98 Å². The summed E-state index contributed by atoms with van der Waals surface area (Å²) < 4.78 is 37.7. The van der Waals surface area contributed by atoms with Gasteiger partial charge in [-0.25, -0.2) is 13.8 Å². The molecule has 0 saturated carbocycles. The predicted octanol–water partition coefficient (Wildman–Crippen LogP) is 3.66. The fourth-order valence-corrected chi connectivity index (χ4v) is 1.78. The van der Waals surface area contributed by atoms with Crippen LogP contribution in [0.3, 0.4) is 0 Å². The van der Waals surface area contributed by atoms with Crippen LogP contribution < -0.4 is 0 Å². The van der Waals surface area contributed by atoms with Crippen LogP contribution in [0.25, 0.3) is 0 Å². The second kappa shape index (κ2) is 4.28. The second-order valence-corrected chi connectivity index (χ2v) is 3.35. The maximum atomic E-state index is 12.8. The molecule has 0 spiro atoms. The Hall–Kier alpha value is -0.290. The van der Waals surface area contributed by atoms with E-state index < -0.39 is 17.9 Å². The molecule has 0 unspecified atom stereocenters. The predicted molar refractivity (Wildman–Crippen MR) is 46.4 cm³/mol. The lowest BCUT2D eigenvalue weighted by Gasteiger charge is -2.07. The molecule has 72 valence electrons. The molecular weight excluding hydrogens is 270 g/mol. The zero-order valence-corrected chi connectivity index (χ0v) is 8.54. The average molecular weight is 274 g/mol. The van der Waals surface area contributed by atoms with Crippen LogP contribution >= 0.6 is 27.5 Å². The van der Waals surface area contributed by atoms with Gasteiger partial charge in [-0.3, -0.25) is 0 Å². The molecular formula is C7H4BrClF3N. The molecule has 0 fully saturated rings. The van der Waals surface area contributed by atoms with Gasteiger partial charge in [0.25, 0.3) is 6.43 Å². The molecule has 13 heavy (non-hydrogen) atoms. The Morgan fingerprint density at radius 3 is 2.54 bits per heavy atom. The first-order valence-corrected chi connectivity index (χ1v) is 4.57. The standard InChI is InChI=1S/C7H4BrClF3N/c8-4-2-13-7(12)5(6(10)11)3(4)1-9/h2,6H,1H2. The van der Waals surface area contributed by atoms with E-state index >= 15 is 0 Å². The van der Waals surface area contributed by atoms with Gasteiger partial charge in [0.1, 0.15) is 0 Å². The van der Waals surface area contributed by atoms with Crippen LogP contribution in [0.4, 0.5) is 13.2 Å². The Kier molecular flexibility index (Phi) is 3.55. The van der Waals surface area contributed by atoms with Crippen molar-refractivity contribution in [2.45, 2.75) is 12.3 Å². The van der Waals surface area contributed by atoms with Gasteiger partial charge in [0.15, 0.2) is 0 Å². The SMILES string of the molecule is Fc1ncc(Br)c(CCl)c1C(F)F. The molecule has 6 heteroatoms. The highest BCUT2D eigenvalue weighted by atomic mass is 79.9. The highest BCUT2D eigenvalue weighted by Crippen LogP contribution is 2.30. The first kappa shape index (κ1) is 10.8. The molecule has 0 radical (unpaired) electrons. The Bertz CT molecular complexity index is 319. The molecule has 1 nitrogen and oxygen atoms in total. The third-order valence-electron chi connectivity index (χ3n) is 1.48. The number of nitrogens with zero attached hydrogens (tertiary/aromatic N) is 1. The lowest BCUT2D eigenvalue weighted by atomic mass is 10.1. The minimum Gasteiger partial charge on any atom is -0.227 e. The summed E-state index contributed by atoms with van der Waals surface area (Å²) in [4.78, 5) is 3.16. The molecule has 0 saturated heterocycles. The van der Waals surface area contributed by atoms with Crippen LogP contribution in [0, 0.1) is 5.95 Å². The van der Waals surface area contributed by atoms with Crippen molar-refractivity contribution >= 4 is 27.5 Å². The van der Waals surface area contributed by atoms with Crippen molar-refractivity contribution in [2.24, 2.45) is 0 Å². The van der Waals surface area contributed by atoms with Crippen LogP contribution in [0.5, 0.6) is 0 Å². The molecule has 0 aromatic carbocycles. The molecule has 0 aliphatic rings. The summed E-state index contributed by atoms with van der Waals surface area (Å²) in [6.07, 6.45) is -1.79. The number of aromatic nitrogens is 1. The Morgan fingerprint density at radius 1 is 1.54 bits per heavy atom. The molecule has 0 amide bonds. The average Bonchev–Trinajstić information content (AvgIpc) is 2.07. The summed E-state index contributed by atoms with van der Waals surface area (Å²) in [5, 5.41) is 0. The molecule has 0 aliphatic heterocycles. The van der Waals surface area contributed by atoms with E-state index in [-0.39, 0.29) is 11.4 Å². The molecule has 1 aromatic heterocycles. The number of alkyl halides is 3. The van der Waals surface area contributed by atoms with Crippen LogP contribution in [0.2, 0.25) is 0 Å². The van der Waals surface area contributed by atoms with Crippen molar-refractivity contribution in [2.75, 3.05) is 0 Å². The van der Waals surface area contributed by atoms with Gasteiger partial charge in [-0.2, -0.15) is 4.39 Å². The number of pyridine rings is 1. The molecule has 0 N–H and O–H groups in total. The van der Waals surface area contributed by atoms with Crippen molar-refractivity contribution in [3.8, 4) is 0 Å². The van der Waals surface area contributed by atoms with Crippen LogP contribution in [0.1, 0.15) is 17.6 Å².